The van der Waals surface area contributed by atoms with Crippen LogP contribution in [0.1, 0.15) is 88.3 Å². The number of rotatable bonds is 5. The van der Waals surface area contributed by atoms with Crippen molar-refractivity contribution in [3.63, 3.8) is 0 Å². The molecule has 1 aromatic carbocycles. The lowest BCUT2D eigenvalue weighted by atomic mass is 9.69. The van der Waals surface area contributed by atoms with Gasteiger partial charge in [0.25, 0.3) is 0 Å². The molecule has 2 saturated carbocycles. The van der Waals surface area contributed by atoms with Crippen LogP contribution in [0.15, 0.2) is 12.1 Å². The summed E-state index contributed by atoms with van der Waals surface area (Å²) in [6, 6.07) is 4.18. The van der Waals surface area contributed by atoms with Gasteiger partial charge in [0.15, 0.2) is 0 Å². The zero-order chi connectivity index (χ0) is 17.8. The molecule has 0 unspecified atom stereocenters. The first-order chi connectivity index (χ1) is 12.1. The van der Waals surface area contributed by atoms with Crippen molar-refractivity contribution in [2.45, 2.75) is 91.4 Å². The number of benzene rings is 1. The van der Waals surface area contributed by atoms with E-state index in [1.165, 1.54) is 63.4 Å². The van der Waals surface area contributed by atoms with Gasteiger partial charge in [-0.15, -0.1) is 0 Å². The first kappa shape index (κ1) is 18.9. The third kappa shape index (κ3) is 4.86. The van der Waals surface area contributed by atoms with Gasteiger partial charge in [-0.2, -0.15) is 0 Å². The first-order valence-corrected chi connectivity index (χ1v) is 10.8. The smallest absolute Gasteiger partial charge is 0.129 e. The second-order valence-corrected chi connectivity index (χ2v) is 9.08. The lowest BCUT2D eigenvalue weighted by Crippen LogP contribution is -2.25. The molecule has 0 spiro atoms. The standard InChI is InChI=1S/C24H37F/c1-4-21-16-20(15-18(3)24(21)25)8-7-19-9-13-23(14-10-19)22-11-5-17(2)6-12-22/h15-17,19,22-23H,4-14H2,1-3H3. The molecule has 0 bridgehead atoms. The van der Waals surface area contributed by atoms with Crippen LogP contribution >= 0.6 is 0 Å². The summed E-state index contributed by atoms with van der Waals surface area (Å²) in [4.78, 5) is 0. The Bertz CT molecular complexity index is 545. The first-order valence-electron chi connectivity index (χ1n) is 10.8. The summed E-state index contributed by atoms with van der Waals surface area (Å²) in [5, 5.41) is 0. The van der Waals surface area contributed by atoms with Gasteiger partial charge in [0.1, 0.15) is 5.82 Å². The number of aryl methyl sites for hydroxylation is 3. The van der Waals surface area contributed by atoms with Crippen molar-refractivity contribution < 1.29 is 4.39 Å². The van der Waals surface area contributed by atoms with Crippen molar-refractivity contribution in [2.75, 3.05) is 0 Å². The predicted molar refractivity (Wildman–Crippen MR) is 105 cm³/mol. The van der Waals surface area contributed by atoms with Crippen LogP contribution in [0.3, 0.4) is 0 Å². The van der Waals surface area contributed by atoms with Crippen LogP contribution in [-0.2, 0) is 12.8 Å². The van der Waals surface area contributed by atoms with E-state index in [4.69, 9.17) is 0 Å². The number of hydrogen-bond acceptors (Lipinski definition) is 0. The maximum absolute atomic E-state index is 14.0. The molecule has 0 aromatic heterocycles. The van der Waals surface area contributed by atoms with Crippen molar-refractivity contribution >= 4 is 0 Å². The van der Waals surface area contributed by atoms with Crippen LogP contribution in [0.25, 0.3) is 0 Å². The third-order valence-corrected chi connectivity index (χ3v) is 7.23. The molecule has 0 saturated heterocycles. The highest BCUT2D eigenvalue weighted by atomic mass is 19.1. The zero-order valence-electron chi connectivity index (χ0n) is 16.6. The monoisotopic (exact) mass is 344 g/mol. The Labute approximate surface area is 154 Å². The van der Waals surface area contributed by atoms with Crippen LogP contribution in [-0.4, -0.2) is 0 Å². The van der Waals surface area contributed by atoms with E-state index in [9.17, 15) is 4.39 Å². The van der Waals surface area contributed by atoms with E-state index in [1.807, 2.05) is 6.92 Å². The Morgan fingerprint density at radius 3 is 2.12 bits per heavy atom. The number of hydrogen-bond donors (Lipinski definition) is 0. The van der Waals surface area contributed by atoms with E-state index in [2.05, 4.69) is 26.0 Å². The summed E-state index contributed by atoms with van der Waals surface area (Å²) in [5.74, 6) is 3.93. The lowest BCUT2D eigenvalue weighted by Gasteiger charge is -2.37. The summed E-state index contributed by atoms with van der Waals surface area (Å²) in [5.41, 5.74) is 3.06. The molecule has 140 valence electrons. The third-order valence-electron chi connectivity index (χ3n) is 7.23. The minimum atomic E-state index is 0.00792. The molecule has 0 atom stereocenters. The molecule has 1 aromatic rings. The average molecular weight is 345 g/mol. The molecule has 2 aliphatic rings. The van der Waals surface area contributed by atoms with Gasteiger partial charge in [0.2, 0.25) is 0 Å². The summed E-state index contributed by atoms with van der Waals surface area (Å²) in [6.45, 7) is 6.39. The van der Waals surface area contributed by atoms with Gasteiger partial charge >= 0.3 is 0 Å². The van der Waals surface area contributed by atoms with Gasteiger partial charge in [-0.05, 0) is 92.2 Å². The normalized spacial score (nSPS) is 30.4. The van der Waals surface area contributed by atoms with Crippen molar-refractivity contribution in [1.82, 2.24) is 0 Å². The SMILES string of the molecule is CCc1cc(CCC2CCC(C3CCC(C)CC3)CC2)cc(C)c1F. The Morgan fingerprint density at radius 2 is 1.52 bits per heavy atom. The Hall–Kier alpha value is -0.850. The molecule has 0 aliphatic heterocycles. The fraction of sp³-hybridized carbons (Fsp3) is 0.750. The minimum absolute atomic E-state index is 0.00792. The van der Waals surface area contributed by atoms with E-state index in [1.54, 1.807) is 0 Å². The van der Waals surface area contributed by atoms with Crippen LogP contribution in [0.2, 0.25) is 0 Å². The maximum atomic E-state index is 14.0. The van der Waals surface area contributed by atoms with Gasteiger partial charge in [0, 0.05) is 0 Å². The molecule has 0 radical (unpaired) electrons. The molecule has 25 heavy (non-hydrogen) atoms. The summed E-state index contributed by atoms with van der Waals surface area (Å²) < 4.78 is 14.0. The lowest BCUT2D eigenvalue weighted by molar-refractivity contribution is 0.148. The van der Waals surface area contributed by atoms with Crippen LogP contribution in [0.4, 0.5) is 4.39 Å². The van der Waals surface area contributed by atoms with Gasteiger partial charge in [-0.3, -0.25) is 0 Å². The Morgan fingerprint density at radius 1 is 0.920 bits per heavy atom. The molecule has 1 heteroatoms. The van der Waals surface area contributed by atoms with Crippen LogP contribution < -0.4 is 0 Å². The molecule has 2 fully saturated rings. The second-order valence-electron chi connectivity index (χ2n) is 9.08. The Kier molecular flexibility index (Phi) is 6.58. The fourth-order valence-electron chi connectivity index (χ4n) is 5.40. The van der Waals surface area contributed by atoms with Gasteiger partial charge in [-0.1, -0.05) is 51.7 Å². The van der Waals surface area contributed by atoms with Crippen molar-refractivity contribution in [2.24, 2.45) is 23.7 Å². The molecule has 2 aliphatic carbocycles. The maximum Gasteiger partial charge on any atom is 0.129 e. The highest BCUT2D eigenvalue weighted by molar-refractivity contribution is 5.31. The second kappa shape index (κ2) is 8.69. The Balaban J connectivity index is 1.46. The molecule has 0 heterocycles. The van der Waals surface area contributed by atoms with E-state index < -0.39 is 0 Å². The van der Waals surface area contributed by atoms with Gasteiger partial charge in [0.05, 0.1) is 0 Å². The summed E-state index contributed by atoms with van der Waals surface area (Å²) >= 11 is 0. The van der Waals surface area contributed by atoms with E-state index in [0.717, 1.165) is 47.6 Å². The molecular weight excluding hydrogens is 307 g/mol. The van der Waals surface area contributed by atoms with Crippen molar-refractivity contribution in [3.8, 4) is 0 Å². The van der Waals surface area contributed by atoms with Gasteiger partial charge in [-0.25, -0.2) is 4.39 Å². The minimum Gasteiger partial charge on any atom is -0.206 e. The topological polar surface area (TPSA) is 0 Å². The largest absolute Gasteiger partial charge is 0.206 e. The molecule has 0 amide bonds. The quantitative estimate of drug-likeness (QED) is 0.527. The van der Waals surface area contributed by atoms with E-state index in [-0.39, 0.29) is 5.82 Å². The average Bonchev–Trinajstić information content (AvgIpc) is 2.63. The van der Waals surface area contributed by atoms with Crippen molar-refractivity contribution in [1.29, 1.82) is 0 Å². The van der Waals surface area contributed by atoms with E-state index in [0.29, 0.717) is 0 Å². The van der Waals surface area contributed by atoms with Crippen LogP contribution in [0, 0.1) is 36.4 Å². The fourth-order valence-corrected chi connectivity index (χ4v) is 5.40. The highest BCUT2D eigenvalue weighted by Crippen LogP contribution is 2.42. The highest BCUT2D eigenvalue weighted by Gasteiger charge is 2.29. The van der Waals surface area contributed by atoms with Gasteiger partial charge < -0.3 is 0 Å². The molecular formula is C24H37F. The molecule has 3 rings (SSSR count). The number of halogens is 1. The van der Waals surface area contributed by atoms with Crippen LogP contribution in [0.5, 0.6) is 0 Å². The molecule has 0 nitrogen and oxygen atoms in total. The summed E-state index contributed by atoms with van der Waals surface area (Å²) in [6.07, 6.45) is 14.9. The predicted octanol–water partition coefficient (Wildman–Crippen LogP) is 7.26. The van der Waals surface area contributed by atoms with E-state index >= 15 is 0 Å². The summed E-state index contributed by atoms with van der Waals surface area (Å²) in [7, 11) is 0. The zero-order valence-corrected chi connectivity index (χ0v) is 16.6. The van der Waals surface area contributed by atoms with Crippen molar-refractivity contribution in [3.05, 3.63) is 34.6 Å². The molecule has 0 N–H and O–H groups in total.